The number of aryl methyl sites for hydroxylation is 2. The fourth-order valence-electron chi connectivity index (χ4n) is 2.20. The maximum atomic E-state index is 5.84. The fourth-order valence-corrected chi connectivity index (χ4v) is 2.20. The van der Waals surface area contributed by atoms with E-state index < -0.39 is 0 Å². The Morgan fingerprint density at radius 1 is 1.20 bits per heavy atom. The highest BCUT2D eigenvalue weighted by Gasteiger charge is 2.06. The van der Waals surface area contributed by atoms with Gasteiger partial charge in [0.15, 0.2) is 0 Å². The lowest BCUT2D eigenvalue weighted by atomic mass is 10.1. The first kappa shape index (κ1) is 16.6. The third kappa shape index (κ3) is 5.67. The van der Waals surface area contributed by atoms with Crippen molar-refractivity contribution in [2.45, 2.75) is 47.6 Å². The van der Waals surface area contributed by atoms with E-state index in [1.807, 2.05) is 6.92 Å². The number of rotatable bonds is 7. The smallest absolute Gasteiger partial charge is 0.125 e. The van der Waals surface area contributed by atoms with Crippen molar-refractivity contribution in [2.75, 3.05) is 13.2 Å². The summed E-state index contributed by atoms with van der Waals surface area (Å²) in [5.41, 5.74) is 3.73. The Bertz CT molecular complexity index is 457. The molecule has 1 aromatic carbocycles. The summed E-state index contributed by atoms with van der Waals surface area (Å²) >= 11 is 0. The van der Waals surface area contributed by atoms with Gasteiger partial charge in [-0.1, -0.05) is 26.0 Å². The topological polar surface area (TPSA) is 21.3 Å². The SMILES string of the molecule is CC#CCCOc1c(C)cc(CNCC(C)C)cc1C. The highest BCUT2D eigenvalue weighted by atomic mass is 16.5. The third-order valence-electron chi connectivity index (χ3n) is 3.05. The van der Waals surface area contributed by atoms with Gasteiger partial charge in [-0.3, -0.25) is 0 Å². The maximum absolute atomic E-state index is 5.84. The minimum absolute atomic E-state index is 0.660. The lowest BCUT2D eigenvalue weighted by molar-refractivity contribution is 0.322. The second-order valence-electron chi connectivity index (χ2n) is 5.61. The molecule has 20 heavy (non-hydrogen) atoms. The largest absolute Gasteiger partial charge is 0.492 e. The average molecular weight is 273 g/mol. The van der Waals surface area contributed by atoms with E-state index in [9.17, 15) is 0 Å². The van der Waals surface area contributed by atoms with Crippen LogP contribution in [0.5, 0.6) is 5.75 Å². The standard InChI is InChI=1S/C18H27NO/c1-6-7-8-9-20-18-15(4)10-17(11-16(18)5)13-19-12-14(2)3/h10-11,14,19H,8-9,12-13H2,1-5H3. The van der Waals surface area contributed by atoms with Gasteiger partial charge >= 0.3 is 0 Å². The van der Waals surface area contributed by atoms with E-state index in [1.54, 1.807) is 0 Å². The number of hydrogen-bond donors (Lipinski definition) is 1. The molecule has 0 aromatic heterocycles. The van der Waals surface area contributed by atoms with E-state index in [-0.39, 0.29) is 0 Å². The second-order valence-corrected chi connectivity index (χ2v) is 5.61. The predicted molar refractivity (Wildman–Crippen MR) is 86.0 cm³/mol. The van der Waals surface area contributed by atoms with Gasteiger partial charge in [-0.2, -0.15) is 0 Å². The fraction of sp³-hybridized carbons (Fsp3) is 0.556. The van der Waals surface area contributed by atoms with Gasteiger partial charge in [0.2, 0.25) is 0 Å². The molecule has 0 spiro atoms. The van der Waals surface area contributed by atoms with Gasteiger partial charge < -0.3 is 10.1 Å². The zero-order valence-electron chi connectivity index (χ0n) is 13.5. The first-order valence-corrected chi connectivity index (χ1v) is 7.37. The van der Waals surface area contributed by atoms with Crippen molar-refractivity contribution in [1.82, 2.24) is 5.32 Å². The second kappa shape index (κ2) is 8.66. The number of nitrogens with one attached hydrogen (secondary N) is 1. The monoisotopic (exact) mass is 273 g/mol. The summed E-state index contributed by atoms with van der Waals surface area (Å²) in [5.74, 6) is 7.60. The van der Waals surface area contributed by atoms with Crippen LogP contribution in [0.15, 0.2) is 12.1 Å². The van der Waals surface area contributed by atoms with Crippen LogP contribution in [0.3, 0.4) is 0 Å². The van der Waals surface area contributed by atoms with Crippen LogP contribution in [0.4, 0.5) is 0 Å². The first-order valence-electron chi connectivity index (χ1n) is 7.37. The lowest BCUT2D eigenvalue weighted by Crippen LogP contribution is -2.19. The van der Waals surface area contributed by atoms with Crippen LogP contribution in [0, 0.1) is 31.6 Å². The number of benzene rings is 1. The van der Waals surface area contributed by atoms with Gasteiger partial charge in [-0.25, -0.2) is 0 Å². The minimum atomic E-state index is 0.660. The van der Waals surface area contributed by atoms with Crippen molar-refractivity contribution in [2.24, 2.45) is 5.92 Å². The molecule has 1 rings (SSSR count). The molecule has 2 nitrogen and oxygen atoms in total. The van der Waals surface area contributed by atoms with Gasteiger partial charge in [0.05, 0.1) is 6.61 Å². The van der Waals surface area contributed by atoms with E-state index in [4.69, 9.17) is 4.74 Å². The molecule has 0 atom stereocenters. The van der Waals surface area contributed by atoms with Gasteiger partial charge in [-0.05, 0) is 49.9 Å². The molecule has 0 radical (unpaired) electrons. The molecule has 0 fully saturated rings. The summed E-state index contributed by atoms with van der Waals surface area (Å²) in [6.45, 7) is 13.1. The quantitative estimate of drug-likeness (QED) is 0.602. The maximum Gasteiger partial charge on any atom is 0.125 e. The summed E-state index contributed by atoms with van der Waals surface area (Å²) < 4.78 is 5.84. The van der Waals surface area contributed by atoms with Crippen LogP contribution in [0.1, 0.15) is 43.9 Å². The summed E-state index contributed by atoms with van der Waals surface area (Å²) in [5, 5.41) is 3.48. The molecular formula is C18H27NO. The molecular weight excluding hydrogens is 246 g/mol. The van der Waals surface area contributed by atoms with Crippen LogP contribution in [0.2, 0.25) is 0 Å². The Hall–Kier alpha value is -1.46. The van der Waals surface area contributed by atoms with E-state index in [1.165, 1.54) is 16.7 Å². The highest BCUT2D eigenvalue weighted by Crippen LogP contribution is 2.25. The molecule has 0 bridgehead atoms. The number of ether oxygens (including phenoxy) is 1. The third-order valence-corrected chi connectivity index (χ3v) is 3.05. The molecule has 0 unspecified atom stereocenters. The molecule has 110 valence electrons. The molecule has 1 aromatic rings. The van der Waals surface area contributed by atoms with E-state index in [0.717, 1.165) is 25.3 Å². The summed E-state index contributed by atoms with van der Waals surface area (Å²) in [7, 11) is 0. The van der Waals surface area contributed by atoms with Crippen molar-refractivity contribution < 1.29 is 4.74 Å². The van der Waals surface area contributed by atoms with Crippen LogP contribution in [-0.2, 0) is 6.54 Å². The van der Waals surface area contributed by atoms with Crippen LogP contribution in [0.25, 0.3) is 0 Å². The van der Waals surface area contributed by atoms with Crippen molar-refractivity contribution in [3.63, 3.8) is 0 Å². The highest BCUT2D eigenvalue weighted by molar-refractivity contribution is 5.43. The Kier molecular flexibility index (Phi) is 7.18. The average Bonchev–Trinajstić information content (AvgIpc) is 2.36. The van der Waals surface area contributed by atoms with E-state index in [2.05, 4.69) is 57.0 Å². The Labute approximate surface area is 123 Å². The molecule has 0 heterocycles. The summed E-state index contributed by atoms with van der Waals surface area (Å²) in [4.78, 5) is 0. The molecule has 2 heteroatoms. The Morgan fingerprint density at radius 2 is 1.85 bits per heavy atom. The minimum Gasteiger partial charge on any atom is -0.492 e. The number of hydrogen-bond acceptors (Lipinski definition) is 2. The molecule has 0 amide bonds. The van der Waals surface area contributed by atoms with Crippen molar-refractivity contribution >= 4 is 0 Å². The van der Waals surface area contributed by atoms with Crippen LogP contribution >= 0.6 is 0 Å². The van der Waals surface area contributed by atoms with Gasteiger partial charge in [-0.15, -0.1) is 11.8 Å². The van der Waals surface area contributed by atoms with Crippen molar-refractivity contribution in [1.29, 1.82) is 0 Å². The predicted octanol–water partition coefficient (Wildman–Crippen LogP) is 3.84. The molecule has 0 aliphatic heterocycles. The first-order chi connectivity index (χ1) is 9.54. The molecule has 0 aliphatic carbocycles. The van der Waals surface area contributed by atoms with Crippen molar-refractivity contribution in [3.8, 4) is 17.6 Å². The van der Waals surface area contributed by atoms with Crippen molar-refractivity contribution in [3.05, 3.63) is 28.8 Å². The molecule has 0 saturated carbocycles. The van der Waals surface area contributed by atoms with Crippen LogP contribution in [-0.4, -0.2) is 13.2 Å². The molecule has 1 N–H and O–H groups in total. The molecule has 0 saturated heterocycles. The zero-order chi connectivity index (χ0) is 15.0. The zero-order valence-corrected chi connectivity index (χ0v) is 13.5. The van der Waals surface area contributed by atoms with E-state index >= 15 is 0 Å². The van der Waals surface area contributed by atoms with E-state index in [0.29, 0.717) is 12.5 Å². The van der Waals surface area contributed by atoms with Gasteiger partial charge in [0.1, 0.15) is 5.75 Å². The van der Waals surface area contributed by atoms with Gasteiger partial charge in [0.25, 0.3) is 0 Å². The molecule has 0 aliphatic rings. The Balaban J connectivity index is 2.62. The van der Waals surface area contributed by atoms with Crippen LogP contribution < -0.4 is 10.1 Å². The Morgan fingerprint density at radius 3 is 2.40 bits per heavy atom. The van der Waals surface area contributed by atoms with Gasteiger partial charge in [0, 0.05) is 13.0 Å². The summed E-state index contributed by atoms with van der Waals surface area (Å²) in [6, 6.07) is 4.42. The normalized spacial score (nSPS) is 10.3. The summed E-state index contributed by atoms with van der Waals surface area (Å²) in [6.07, 6.45) is 0.785. The lowest BCUT2D eigenvalue weighted by Gasteiger charge is -2.14.